The van der Waals surface area contributed by atoms with E-state index >= 15 is 0 Å². The monoisotopic (exact) mass is 424 g/mol. The number of amides is 3. The van der Waals surface area contributed by atoms with Crippen molar-refractivity contribution in [2.24, 2.45) is 0 Å². The van der Waals surface area contributed by atoms with E-state index in [-0.39, 0.29) is 23.9 Å². The summed E-state index contributed by atoms with van der Waals surface area (Å²) < 4.78 is 0. The molecule has 1 aliphatic rings. The zero-order valence-electron chi connectivity index (χ0n) is 19.0. The Morgan fingerprint density at radius 3 is 2.35 bits per heavy atom. The number of rotatable bonds is 5. The summed E-state index contributed by atoms with van der Waals surface area (Å²) in [5.74, 6) is 2.00. The molecule has 0 atom stereocenters. The van der Waals surface area contributed by atoms with Crippen molar-refractivity contribution in [3.63, 3.8) is 0 Å². The van der Waals surface area contributed by atoms with Crippen molar-refractivity contribution in [3.05, 3.63) is 47.4 Å². The number of benzene rings is 1. The van der Waals surface area contributed by atoms with Gasteiger partial charge in [0.1, 0.15) is 11.6 Å². The number of carbonyl (C=O) groups excluding carboxylic acids is 2. The molecule has 3 rings (SSSR count). The van der Waals surface area contributed by atoms with Crippen LogP contribution in [-0.4, -0.2) is 59.0 Å². The minimum atomic E-state index is -0.283. The van der Waals surface area contributed by atoms with Gasteiger partial charge in [0.15, 0.2) is 0 Å². The summed E-state index contributed by atoms with van der Waals surface area (Å²) in [7, 11) is 0. The van der Waals surface area contributed by atoms with Gasteiger partial charge in [0.25, 0.3) is 5.91 Å². The van der Waals surface area contributed by atoms with Crippen LogP contribution in [0.1, 0.15) is 55.5 Å². The number of nitrogens with one attached hydrogen (secondary N) is 2. The van der Waals surface area contributed by atoms with Crippen LogP contribution in [0.4, 0.5) is 16.3 Å². The standard InChI is InChI=1S/C23H32N6O2/c1-15(2)21-25-17(5)13-20(27-21)28-9-11-29(12-10-28)22(30)18-7-6-8-19(14-18)26-23(31)24-16(3)4/h6-8,13-16H,9-12H2,1-5H3,(H2,24,26,31). The second-order valence-electron chi connectivity index (χ2n) is 8.49. The van der Waals surface area contributed by atoms with E-state index < -0.39 is 0 Å². The summed E-state index contributed by atoms with van der Waals surface area (Å²) in [5, 5.41) is 5.55. The van der Waals surface area contributed by atoms with Crippen molar-refractivity contribution >= 4 is 23.4 Å². The van der Waals surface area contributed by atoms with Crippen LogP contribution in [0.15, 0.2) is 30.3 Å². The molecular formula is C23H32N6O2. The lowest BCUT2D eigenvalue weighted by atomic mass is 10.1. The van der Waals surface area contributed by atoms with Gasteiger partial charge in [0, 0.05) is 61.1 Å². The highest BCUT2D eigenvalue weighted by atomic mass is 16.2. The molecule has 0 aliphatic carbocycles. The molecule has 0 spiro atoms. The van der Waals surface area contributed by atoms with E-state index in [2.05, 4.69) is 34.4 Å². The zero-order valence-corrected chi connectivity index (χ0v) is 19.0. The van der Waals surface area contributed by atoms with Crippen molar-refractivity contribution in [1.29, 1.82) is 0 Å². The van der Waals surface area contributed by atoms with Gasteiger partial charge in [0.05, 0.1) is 0 Å². The molecule has 8 heteroatoms. The second kappa shape index (κ2) is 9.76. The van der Waals surface area contributed by atoms with Crippen molar-refractivity contribution in [2.45, 2.75) is 46.6 Å². The molecule has 31 heavy (non-hydrogen) atoms. The summed E-state index contributed by atoms with van der Waals surface area (Å²) in [6.45, 7) is 12.6. The van der Waals surface area contributed by atoms with E-state index in [9.17, 15) is 9.59 Å². The van der Waals surface area contributed by atoms with Gasteiger partial charge in [0.2, 0.25) is 0 Å². The third kappa shape index (κ3) is 5.93. The van der Waals surface area contributed by atoms with Crippen LogP contribution in [0.2, 0.25) is 0 Å². The lowest BCUT2D eigenvalue weighted by molar-refractivity contribution is 0.0746. The number of aryl methyl sites for hydroxylation is 1. The summed E-state index contributed by atoms with van der Waals surface area (Å²) in [6.07, 6.45) is 0. The van der Waals surface area contributed by atoms with E-state index in [4.69, 9.17) is 4.98 Å². The number of piperazine rings is 1. The number of nitrogens with zero attached hydrogens (tertiary/aromatic N) is 4. The fourth-order valence-electron chi connectivity index (χ4n) is 3.48. The Hall–Kier alpha value is -3.16. The van der Waals surface area contributed by atoms with Gasteiger partial charge >= 0.3 is 6.03 Å². The van der Waals surface area contributed by atoms with E-state index in [0.717, 1.165) is 17.3 Å². The molecule has 8 nitrogen and oxygen atoms in total. The maximum Gasteiger partial charge on any atom is 0.319 e. The van der Waals surface area contributed by atoms with Crippen molar-refractivity contribution in [1.82, 2.24) is 20.2 Å². The fraction of sp³-hybridized carbons (Fsp3) is 0.478. The number of anilines is 2. The Labute approximate surface area is 184 Å². The molecule has 2 heterocycles. The lowest BCUT2D eigenvalue weighted by Gasteiger charge is -2.35. The van der Waals surface area contributed by atoms with Gasteiger partial charge in [-0.1, -0.05) is 19.9 Å². The Morgan fingerprint density at radius 2 is 1.71 bits per heavy atom. The molecule has 1 saturated heterocycles. The first-order valence-corrected chi connectivity index (χ1v) is 10.8. The van der Waals surface area contributed by atoms with Crippen molar-refractivity contribution in [3.8, 4) is 0 Å². The molecule has 1 aromatic heterocycles. The Kier molecular flexibility index (Phi) is 7.09. The van der Waals surface area contributed by atoms with Gasteiger partial charge in [-0.25, -0.2) is 14.8 Å². The van der Waals surface area contributed by atoms with Gasteiger partial charge in [-0.05, 0) is 39.0 Å². The summed E-state index contributed by atoms with van der Waals surface area (Å²) in [4.78, 5) is 38.2. The Balaban J connectivity index is 1.63. The SMILES string of the molecule is Cc1cc(N2CCN(C(=O)c3cccc(NC(=O)NC(C)C)c3)CC2)nc(C(C)C)n1. The molecule has 0 radical (unpaired) electrons. The first kappa shape index (κ1) is 22.5. The van der Waals surface area contributed by atoms with Gasteiger partial charge < -0.3 is 20.4 Å². The minimum Gasteiger partial charge on any atom is -0.353 e. The van der Waals surface area contributed by atoms with Gasteiger partial charge in [-0.15, -0.1) is 0 Å². The summed E-state index contributed by atoms with van der Waals surface area (Å²) in [5.41, 5.74) is 2.12. The molecule has 0 unspecified atom stereocenters. The van der Waals surface area contributed by atoms with Gasteiger partial charge in [-0.3, -0.25) is 4.79 Å². The van der Waals surface area contributed by atoms with E-state index in [1.54, 1.807) is 24.3 Å². The molecule has 0 bridgehead atoms. The Bertz CT molecular complexity index is 935. The van der Waals surface area contributed by atoms with Crippen LogP contribution in [-0.2, 0) is 0 Å². The van der Waals surface area contributed by atoms with Crippen LogP contribution < -0.4 is 15.5 Å². The first-order chi connectivity index (χ1) is 14.7. The van der Waals surface area contributed by atoms with Crippen LogP contribution >= 0.6 is 0 Å². The van der Waals surface area contributed by atoms with E-state index in [1.807, 2.05) is 31.7 Å². The number of hydrogen-bond donors (Lipinski definition) is 2. The van der Waals surface area contributed by atoms with E-state index in [1.165, 1.54) is 0 Å². The number of carbonyl (C=O) groups is 2. The highest BCUT2D eigenvalue weighted by Crippen LogP contribution is 2.20. The maximum absolute atomic E-state index is 13.0. The first-order valence-electron chi connectivity index (χ1n) is 10.8. The molecule has 1 aromatic carbocycles. The van der Waals surface area contributed by atoms with Crippen molar-refractivity contribution < 1.29 is 9.59 Å². The Morgan fingerprint density at radius 1 is 1.00 bits per heavy atom. The third-order valence-corrected chi connectivity index (χ3v) is 5.05. The summed E-state index contributed by atoms with van der Waals surface area (Å²) in [6, 6.07) is 8.82. The zero-order chi connectivity index (χ0) is 22.5. The molecule has 1 aliphatic heterocycles. The van der Waals surface area contributed by atoms with Crippen molar-refractivity contribution in [2.75, 3.05) is 36.4 Å². The van der Waals surface area contributed by atoms with Crippen LogP contribution in [0.25, 0.3) is 0 Å². The predicted octanol–water partition coefficient (Wildman–Crippen LogP) is 3.40. The number of aromatic nitrogens is 2. The largest absolute Gasteiger partial charge is 0.353 e. The fourth-order valence-corrected chi connectivity index (χ4v) is 3.48. The smallest absolute Gasteiger partial charge is 0.319 e. The second-order valence-corrected chi connectivity index (χ2v) is 8.49. The average Bonchev–Trinajstić information content (AvgIpc) is 2.72. The molecule has 1 fully saturated rings. The predicted molar refractivity (Wildman–Crippen MR) is 123 cm³/mol. The lowest BCUT2D eigenvalue weighted by Crippen LogP contribution is -2.49. The molecular weight excluding hydrogens is 392 g/mol. The number of urea groups is 1. The molecule has 166 valence electrons. The van der Waals surface area contributed by atoms with Gasteiger partial charge in [-0.2, -0.15) is 0 Å². The quantitative estimate of drug-likeness (QED) is 0.768. The maximum atomic E-state index is 13.0. The average molecular weight is 425 g/mol. The molecule has 3 amide bonds. The van der Waals surface area contributed by atoms with Crippen LogP contribution in [0.5, 0.6) is 0 Å². The van der Waals surface area contributed by atoms with E-state index in [0.29, 0.717) is 37.4 Å². The molecule has 2 N–H and O–H groups in total. The topological polar surface area (TPSA) is 90.5 Å². The van der Waals surface area contributed by atoms with Crippen LogP contribution in [0, 0.1) is 6.92 Å². The normalized spacial score (nSPS) is 14.2. The highest BCUT2D eigenvalue weighted by Gasteiger charge is 2.24. The number of hydrogen-bond acceptors (Lipinski definition) is 5. The minimum absolute atomic E-state index is 0.0331. The summed E-state index contributed by atoms with van der Waals surface area (Å²) >= 11 is 0. The van der Waals surface area contributed by atoms with Crippen LogP contribution in [0.3, 0.4) is 0 Å². The molecule has 0 saturated carbocycles. The highest BCUT2D eigenvalue weighted by molar-refractivity contribution is 5.97. The molecule has 2 aromatic rings. The third-order valence-electron chi connectivity index (χ3n) is 5.05.